The van der Waals surface area contributed by atoms with Crippen molar-refractivity contribution in [3.8, 4) is 5.75 Å². The largest absolute Gasteiger partial charge is 0.494 e. The standard InChI is InChI=1S/C16H20N2O5/c19-14(17-8-7-16(21)22)2-1-9-23-12-4-5-13-11(10-12)3-6-15(20)18-13/h4-5,10H,1-3,6-9H2,(H,17,19)(H,18,20)(H,21,22). The van der Waals surface area contributed by atoms with Crippen LogP contribution >= 0.6 is 0 Å². The van der Waals surface area contributed by atoms with Gasteiger partial charge in [0, 0.05) is 25.1 Å². The summed E-state index contributed by atoms with van der Waals surface area (Å²) in [6, 6.07) is 5.51. The Labute approximate surface area is 134 Å². The van der Waals surface area contributed by atoms with Gasteiger partial charge in [-0.25, -0.2) is 0 Å². The molecule has 0 aromatic heterocycles. The van der Waals surface area contributed by atoms with Gasteiger partial charge in [-0.2, -0.15) is 0 Å². The number of nitrogens with one attached hydrogen (secondary N) is 2. The van der Waals surface area contributed by atoms with Crippen LogP contribution in [0.5, 0.6) is 5.75 Å². The van der Waals surface area contributed by atoms with E-state index < -0.39 is 5.97 Å². The molecule has 0 atom stereocenters. The molecule has 124 valence electrons. The van der Waals surface area contributed by atoms with Crippen LogP contribution < -0.4 is 15.4 Å². The Morgan fingerprint density at radius 2 is 2.09 bits per heavy atom. The second-order valence-electron chi connectivity index (χ2n) is 5.31. The van der Waals surface area contributed by atoms with Crippen LogP contribution in [0.15, 0.2) is 18.2 Å². The molecule has 0 saturated heterocycles. The summed E-state index contributed by atoms with van der Waals surface area (Å²) in [5, 5.41) is 13.8. The smallest absolute Gasteiger partial charge is 0.305 e. The number of hydrogen-bond acceptors (Lipinski definition) is 4. The van der Waals surface area contributed by atoms with E-state index in [1.165, 1.54) is 0 Å². The quantitative estimate of drug-likeness (QED) is 0.627. The van der Waals surface area contributed by atoms with Crippen molar-refractivity contribution >= 4 is 23.5 Å². The maximum atomic E-state index is 11.5. The normalized spacial score (nSPS) is 13.0. The molecule has 2 rings (SSSR count). The van der Waals surface area contributed by atoms with Crippen LogP contribution in [-0.2, 0) is 20.8 Å². The Balaban J connectivity index is 1.67. The Morgan fingerprint density at radius 3 is 2.87 bits per heavy atom. The van der Waals surface area contributed by atoms with Gasteiger partial charge >= 0.3 is 5.97 Å². The highest BCUT2D eigenvalue weighted by molar-refractivity contribution is 5.94. The van der Waals surface area contributed by atoms with Crippen molar-refractivity contribution in [2.24, 2.45) is 0 Å². The minimum absolute atomic E-state index is 0.0279. The molecule has 0 bridgehead atoms. The highest BCUT2D eigenvalue weighted by atomic mass is 16.5. The monoisotopic (exact) mass is 320 g/mol. The van der Waals surface area contributed by atoms with Gasteiger partial charge in [-0.1, -0.05) is 0 Å². The van der Waals surface area contributed by atoms with E-state index in [1.807, 2.05) is 12.1 Å². The van der Waals surface area contributed by atoms with Crippen LogP contribution in [0.1, 0.15) is 31.2 Å². The number of benzene rings is 1. The number of carboxylic acids is 1. The predicted octanol–water partition coefficient (Wildman–Crippen LogP) is 1.32. The molecule has 1 aromatic rings. The van der Waals surface area contributed by atoms with Gasteiger partial charge in [0.15, 0.2) is 0 Å². The molecule has 0 fully saturated rings. The average molecular weight is 320 g/mol. The number of aliphatic carboxylic acids is 1. The average Bonchev–Trinajstić information content (AvgIpc) is 2.51. The van der Waals surface area contributed by atoms with E-state index in [1.54, 1.807) is 6.07 Å². The lowest BCUT2D eigenvalue weighted by atomic mass is 10.0. The van der Waals surface area contributed by atoms with Gasteiger partial charge in [0.1, 0.15) is 5.75 Å². The zero-order chi connectivity index (χ0) is 16.7. The van der Waals surface area contributed by atoms with Crippen LogP contribution in [-0.4, -0.2) is 36.0 Å². The molecule has 0 radical (unpaired) electrons. The first-order valence-electron chi connectivity index (χ1n) is 7.58. The number of carboxylic acid groups (broad SMARTS) is 1. The number of rotatable bonds is 8. The molecular formula is C16H20N2O5. The fraction of sp³-hybridized carbons (Fsp3) is 0.438. The molecule has 1 aromatic carbocycles. The molecule has 7 heteroatoms. The second-order valence-corrected chi connectivity index (χ2v) is 5.31. The van der Waals surface area contributed by atoms with Gasteiger partial charge in [0.05, 0.1) is 13.0 Å². The van der Waals surface area contributed by atoms with E-state index in [-0.39, 0.29) is 24.8 Å². The molecule has 2 amide bonds. The molecule has 7 nitrogen and oxygen atoms in total. The number of fused-ring (bicyclic) bond motifs is 1. The number of carbonyl (C=O) groups excluding carboxylic acids is 2. The molecule has 3 N–H and O–H groups in total. The van der Waals surface area contributed by atoms with E-state index in [2.05, 4.69) is 10.6 Å². The second kappa shape index (κ2) is 8.17. The number of anilines is 1. The van der Waals surface area contributed by atoms with Gasteiger partial charge in [-0.05, 0) is 36.6 Å². The van der Waals surface area contributed by atoms with E-state index in [0.717, 1.165) is 11.3 Å². The van der Waals surface area contributed by atoms with Crippen LogP contribution in [0, 0.1) is 0 Å². The number of carbonyl (C=O) groups is 3. The topological polar surface area (TPSA) is 105 Å². The third-order valence-electron chi connectivity index (χ3n) is 3.45. The van der Waals surface area contributed by atoms with Crippen molar-refractivity contribution < 1.29 is 24.2 Å². The SMILES string of the molecule is O=C(O)CCNC(=O)CCCOc1ccc2c(c1)CCC(=O)N2. The van der Waals surface area contributed by atoms with E-state index in [9.17, 15) is 14.4 Å². The fourth-order valence-electron chi connectivity index (χ4n) is 2.27. The molecule has 1 aliphatic heterocycles. The summed E-state index contributed by atoms with van der Waals surface area (Å²) in [5.74, 6) is -0.369. The Morgan fingerprint density at radius 1 is 1.26 bits per heavy atom. The Kier molecular flexibility index (Phi) is 5.96. The first kappa shape index (κ1) is 16.8. The highest BCUT2D eigenvalue weighted by Gasteiger charge is 2.15. The minimum Gasteiger partial charge on any atom is -0.494 e. The maximum absolute atomic E-state index is 11.5. The van der Waals surface area contributed by atoms with Crippen molar-refractivity contribution in [1.29, 1.82) is 0 Å². The first-order chi connectivity index (χ1) is 11.0. The third-order valence-corrected chi connectivity index (χ3v) is 3.45. The lowest BCUT2D eigenvalue weighted by molar-refractivity contribution is -0.137. The molecule has 1 aliphatic rings. The van der Waals surface area contributed by atoms with Crippen LogP contribution in [0.4, 0.5) is 5.69 Å². The van der Waals surface area contributed by atoms with Crippen molar-refractivity contribution in [2.75, 3.05) is 18.5 Å². The number of ether oxygens (including phenoxy) is 1. The van der Waals surface area contributed by atoms with E-state index >= 15 is 0 Å². The summed E-state index contributed by atoms with van der Waals surface area (Å²) in [7, 11) is 0. The molecule has 0 unspecified atom stereocenters. The van der Waals surface area contributed by atoms with Crippen LogP contribution in [0.2, 0.25) is 0 Å². The van der Waals surface area contributed by atoms with Crippen molar-refractivity contribution in [2.45, 2.75) is 32.1 Å². The first-order valence-corrected chi connectivity index (χ1v) is 7.58. The van der Waals surface area contributed by atoms with Crippen LogP contribution in [0.3, 0.4) is 0 Å². The zero-order valence-corrected chi connectivity index (χ0v) is 12.8. The molecule has 1 heterocycles. The van der Waals surface area contributed by atoms with Crippen molar-refractivity contribution in [3.05, 3.63) is 23.8 Å². The molecule has 0 saturated carbocycles. The van der Waals surface area contributed by atoms with Gasteiger partial charge < -0.3 is 20.5 Å². The summed E-state index contributed by atoms with van der Waals surface area (Å²) in [4.78, 5) is 33.1. The Hall–Kier alpha value is -2.57. The lowest BCUT2D eigenvalue weighted by Gasteiger charge is -2.17. The van der Waals surface area contributed by atoms with Gasteiger partial charge in [0.25, 0.3) is 0 Å². The summed E-state index contributed by atoms with van der Waals surface area (Å²) in [6.45, 7) is 0.545. The summed E-state index contributed by atoms with van der Waals surface area (Å²) < 4.78 is 5.61. The van der Waals surface area contributed by atoms with E-state index in [4.69, 9.17) is 9.84 Å². The minimum atomic E-state index is -0.933. The fourth-order valence-corrected chi connectivity index (χ4v) is 2.27. The molecule has 0 spiro atoms. The van der Waals surface area contributed by atoms with Gasteiger partial charge in [0.2, 0.25) is 11.8 Å². The molecule has 23 heavy (non-hydrogen) atoms. The summed E-state index contributed by atoms with van der Waals surface area (Å²) >= 11 is 0. The van der Waals surface area contributed by atoms with Crippen molar-refractivity contribution in [1.82, 2.24) is 5.32 Å². The number of aryl methyl sites for hydroxylation is 1. The maximum Gasteiger partial charge on any atom is 0.305 e. The molecular weight excluding hydrogens is 300 g/mol. The summed E-state index contributed by atoms with van der Waals surface area (Å²) in [5.41, 5.74) is 1.87. The number of amides is 2. The predicted molar refractivity (Wildman–Crippen MR) is 83.4 cm³/mol. The zero-order valence-electron chi connectivity index (χ0n) is 12.8. The lowest BCUT2D eigenvalue weighted by Crippen LogP contribution is -2.26. The van der Waals surface area contributed by atoms with Gasteiger partial charge in [-0.15, -0.1) is 0 Å². The highest BCUT2D eigenvalue weighted by Crippen LogP contribution is 2.26. The Bertz CT molecular complexity index is 600. The van der Waals surface area contributed by atoms with Crippen molar-refractivity contribution in [3.63, 3.8) is 0 Å². The van der Waals surface area contributed by atoms with Crippen LogP contribution in [0.25, 0.3) is 0 Å². The van der Waals surface area contributed by atoms with E-state index in [0.29, 0.717) is 38.0 Å². The number of hydrogen-bond donors (Lipinski definition) is 3. The van der Waals surface area contributed by atoms with Gasteiger partial charge in [-0.3, -0.25) is 14.4 Å². The molecule has 0 aliphatic carbocycles. The summed E-state index contributed by atoms with van der Waals surface area (Å²) in [6.07, 6.45) is 1.94. The third kappa shape index (κ3) is 5.61.